The number of ether oxygens (including phenoxy) is 3. The van der Waals surface area contributed by atoms with Crippen LogP contribution in [0.4, 0.5) is 0 Å². The molecule has 1 amide bonds. The Hall–Kier alpha value is -4.29. The molecule has 5 rings (SSSR count). The van der Waals surface area contributed by atoms with Crippen molar-refractivity contribution in [3.8, 4) is 17.2 Å². The van der Waals surface area contributed by atoms with Crippen LogP contribution in [0.25, 0.3) is 0 Å². The third-order valence-electron chi connectivity index (χ3n) is 7.45. The minimum atomic E-state index is -0.139. The van der Waals surface area contributed by atoms with Gasteiger partial charge in [0.1, 0.15) is 19.8 Å². The molecule has 6 heteroatoms. The van der Waals surface area contributed by atoms with Crippen molar-refractivity contribution < 1.29 is 19.0 Å². The summed E-state index contributed by atoms with van der Waals surface area (Å²) in [6, 6.07) is 33.6. The van der Waals surface area contributed by atoms with Gasteiger partial charge in [-0.25, -0.2) is 0 Å². The Labute approximate surface area is 255 Å². The minimum Gasteiger partial charge on any atom is -0.485 e. The summed E-state index contributed by atoms with van der Waals surface area (Å²) in [7, 11) is 0. The first-order valence-corrected chi connectivity index (χ1v) is 15.0. The van der Waals surface area contributed by atoms with Crippen LogP contribution in [0, 0.1) is 5.92 Å². The number of hydrogen-bond acceptors (Lipinski definition) is 5. The van der Waals surface area contributed by atoms with Crippen LogP contribution < -0.4 is 19.5 Å². The molecule has 0 atom stereocenters. The lowest BCUT2D eigenvalue weighted by Gasteiger charge is -2.33. The van der Waals surface area contributed by atoms with Crippen molar-refractivity contribution in [2.45, 2.75) is 52.6 Å². The first kappa shape index (κ1) is 30.2. The predicted octanol–water partition coefficient (Wildman–Crippen LogP) is 7.23. The summed E-state index contributed by atoms with van der Waals surface area (Å²) in [4.78, 5) is 16.1. The van der Waals surface area contributed by atoms with Crippen molar-refractivity contribution in [3.63, 3.8) is 0 Å². The largest absolute Gasteiger partial charge is 0.485 e. The van der Waals surface area contributed by atoms with E-state index in [4.69, 9.17) is 14.2 Å². The molecule has 1 aliphatic rings. The zero-order valence-electron chi connectivity index (χ0n) is 25.1. The number of benzene rings is 4. The fraction of sp³-hybridized carbons (Fsp3) is 0.297. The first-order valence-electron chi connectivity index (χ1n) is 15.0. The smallest absolute Gasteiger partial charge is 0.251 e. The quantitative estimate of drug-likeness (QED) is 0.182. The molecule has 4 aromatic rings. The molecule has 43 heavy (non-hydrogen) atoms. The summed E-state index contributed by atoms with van der Waals surface area (Å²) in [5.74, 6) is 2.69. The van der Waals surface area contributed by atoms with E-state index in [1.807, 2.05) is 91.0 Å². The van der Waals surface area contributed by atoms with Gasteiger partial charge < -0.3 is 24.4 Å². The van der Waals surface area contributed by atoms with Gasteiger partial charge >= 0.3 is 0 Å². The van der Waals surface area contributed by atoms with Gasteiger partial charge in [-0.05, 0) is 47.6 Å². The second-order valence-electron chi connectivity index (χ2n) is 11.4. The Balaban J connectivity index is 1.41. The van der Waals surface area contributed by atoms with E-state index in [1.54, 1.807) is 12.1 Å². The van der Waals surface area contributed by atoms with E-state index in [0.717, 1.165) is 49.2 Å². The average molecular weight is 578 g/mol. The van der Waals surface area contributed by atoms with Crippen LogP contribution in [0.1, 0.15) is 53.7 Å². The second kappa shape index (κ2) is 15.3. The normalized spacial score (nSPS) is 13.9. The molecular weight excluding hydrogens is 536 g/mol. The molecule has 6 nitrogen and oxygen atoms in total. The van der Waals surface area contributed by atoms with Crippen molar-refractivity contribution in [2.24, 2.45) is 0 Å². The van der Waals surface area contributed by atoms with Crippen LogP contribution in [0.5, 0.6) is 17.2 Å². The van der Waals surface area contributed by atoms with Gasteiger partial charge in [-0.2, -0.15) is 0 Å². The first-order chi connectivity index (χ1) is 21.0. The number of carbonyl (C=O) groups excluding carboxylic acids is 1. The number of rotatable bonds is 13. The molecule has 1 heterocycles. The van der Waals surface area contributed by atoms with Gasteiger partial charge in [0.25, 0.3) is 5.91 Å². The minimum absolute atomic E-state index is 0.122. The topological polar surface area (TPSA) is 60.0 Å². The van der Waals surface area contributed by atoms with Crippen LogP contribution in [-0.2, 0) is 19.8 Å². The van der Waals surface area contributed by atoms with Gasteiger partial charge in [-0.1, -0.05) is 105 Å². The molecule has 1 aliphatic heterocycles. The Bertz CT molecular complexity index is 1350. The third-order valence-corrected chi connectivity index (χ3v) is 7.45. The second-order valence-corrected chi connectivity index (χ2v) is 11.4. The molecule has 223 valence electrons. The fourth-order valence-corrected chi connectivity index (χ4v) is 5.22. The monoisotopic (exact) mass is 577 g/mol. The van der Waals surface area contributed by atoms with E-state index in [9.17, 15) is 4.79 Å². The number of likely N-dealkylation sites (tertiary alicyclic amines) is 1. The fourth-order valence-electron chi connectivity index (χ4n) is 5.22. The highest BCUT2D eigenvalue weighted by atomic mass is 16.5. The molecule has 0 aliphatic carbocycles. The van der Waals surface area contributed by atoms with Crippen molar-refractivity contribution in [1.82, 2.24) is 10.2 Å². The molecule has 0 aromatic heterocycles. The summed E-state index contributed by atoms with van der Waals surface area (Å²) in [5, 5.41) is 3.26. The highest BCUT2D eigenvalue weighted by Crippen LogP contribution is 2.40. The van der Waals surface area contributed by atoms with E-state index >= 15 is 0 Å². The number of nitrogens with one attached hydrogen (secondary N) is 1. The molecule has 0 unspecified atom stereocenters. The summed E-state index contributed by atoms with van der Waals surface area (Å²) in [6.45, 7) is 8.28. The molecule has 1 fully saturated rings. The van der Waals surface area contributed by atoms with Gasteiger partial charge in [0, 0.05) is 31.2 Å². The molecule has 4 aromatic carbocycles. The van der Waals surface area contributed by atoms with Crippen LogP contribution in [-0.4, -0.2) is 36.5 Å². The Morgan fingerprint density at radius 1 is 0.698 bits per heavy atom. The zero-order chi connectivity index (χ0) is 29.9. The predicted molar refractivity (Wildman–Crippen MR) is 170 cm³/mol. The summed E-state index contributed by atoms with van der Waals surface area (Å²) in [6.07, 6.45) is 1.85. The lowest BCUT2D eigenvalue weighted by Crippen LogP contribution is -2.45. The summed E-state index contributed by atoms with van der Waals surface area (Å²) < 4.78 is 19.1. The van der Waals surface area contributed by atoms with Gasteiger partial charge in [-0.3, -0.25) is 4.79 Å². The highest BCUT2D eigenvalue weighted by Gasteiger charge is 2.24. The van der Waals surface area contributed by atoms with Gasteiger partial charge in [0.05, 0.1) is 0 Å². The standard InChI is InChI=1S/C37H41N2O4/c1-28(2)24-39-20-18-33(19-21-39)38-37(40)32-22-34(41-25-29-12-6-3-7-13-29)36(43-27-31-16-10-5-11-17-31)35(23-32)42-26-30-14-8-4-9-15-30/h3-17,22-23,33H,18-21,24-27H2,1-2H3,(H,38,40). The molecule has 1 N–H and O–H groups in total. The number of piperidine rings is 1. The number of hydrogen-bond donors (Lipinski definition) is 1. The van der Waals surface area contributed by atoms with E-state index in [-0.39, 0.29) is 11.9 Å². The number of nitrogens with zero attached hydrogens (tertiary/aromatic N) is 1. The van der Waals surface area contributed by atoms with E-state index in [2.05, 4.69) is 24.1 Å². The average Bonchev–Trinajstić information content (AvgIpc) is 3.04. The zero-order valence-corrected chi connectivity index (χ0v) is 25.1. The number of carbonyl (C=O) groups is 1. The van der Waals surface area contributed by atoms with E-state index in [0.29, 0.717) is 42.6 Å². The number of amides is 1. The Morgan fingerprint density at radius 2 is 1.14 bits per heavy atom. The van der Waals surface area contributed by atoms with E-state index in [1.165, 1.54) is 5.92 Å². The maximum absolute atomic E-state index is 13.6. The Morgan fingerprint density at radius 3 is 1.58 bits per heavy atom. The van der Waals surface area contributed by atoms with Crippen LogP contribution in [0.15, 0.2) is 103 Å². The van der Waals surface area contributed by atoms with Crippen molar-refractivity contribution in [2.75, 3.05) is 19.6 Å². The molecular formula is C37H41N2O4. The lowest BCUT2D eigenvalue weighted by atomic mass is 10.0. The van der Waals surface area contributed by atoms with Crippen LogP contribution in [0.2, 0.25) is 0 Å². The third kappa shape index (κ3) is 9.10. The maximum Gasteiger partial charge on any atom is 0.251 e. The summed E-state index contributed by atoms with van der Waals surface area (Å²) in [5.41, 5.74) is 3.54. The molecule has 1 saturated heterocycles. The van der Waals surface area contributed by atoms with Crippen molar-refractivity contribution >= 4 is 5.91 Å². The highest BCUT2D eigenvalue weighted by molar-refractivity contribution is 5.95. The van der Waals surface area contributed by atoms with Crippen LogP contribution in [0.3, 0.4) is 0 Å². The van der Waals surface area contributed by atoms with Crippen molar-refractivity contribution in [1.29, 1.82) is 0 Å². The van der Waals surface area contributed by atoms with Gasteiger partial charge in [0.15, 0.2) is 11.5 Å². The SMILES string of the molecule is C[C](C)CN1CCC(NC(=O)c2cc(OCc3ccccc3)c(OCc3ccccc3)c(OCc3ccccc3)c2)CC1. The lowest BCUT2D eigenvalue weighted by molar-refractivity contribution is 0.0911. The maximum atomic E-state index is 13.6. The molecule has 1 radical (unpaired) electrons. The molecule has 0 saturated carbocycles. The Kier molecular flexibility index (Phi) is 10.7. The van der Waals surface area contributed by atoms with Crippen molar-refractivity contribution in [3.05, 3.63) is 131 Å². The van der Waals surface area contributed by atoms with Gasteiger partial charge in [0.2, 0.25) is 5.75 Å². The van der Waals surface area contributed by atoms with Gasteiger partial charge in [-0.15, -0.1) is 0 Å². The van der Waals surface area contributed by atoms with E-state index < -0.39 is 0 Å². The summed E-state index contributed by atoms with van der Waals surface area (Å²) >= 11 is 0. The molecule has 0 bridgehead atoms. The molecule has 0 spiro atoms. The van der Waals surface area contributed by atoms with Crippen LogP contribution >= 0.6 is 0 Å².